The van der Waals surface area contributed by atoms with E-state index in [0.717, 1.165) is 12.3 Å². The lowest BCUT2D eigenvalue weighted by atomic mass is 9.95. The number of Topliss-reactive ketones (excluding diaryl/α,β-unsaturated/α-hetero) is 1. The van der Waals surface area contributed by atoms with Crippen molar-refractivity contribution >= 4 is 69.8 Å². The number of primary amides is 1. The Bertz CT molecular complexity index is 2260. The predicted molar refractivity (Wildman–Crippen MR) is 230 cm³/mol. The van der Waals surface area contributed by atoms with Gasteiger partial charge in [-0.1, -0.05) is 42.5 Å². The Morgan fingerprint density at radius 1 is 0.812 bits per heavy atom. The molecule has 2 aromatic carbocycles. The van der Waals surface area contributed by atoms with Gasteiger partial charge in [-0.25, -0.2) is 9.78 Å². The van der Waals surface area contributed by atoms with E-state index in [1.165, 1.54) is 30.5 Å². The van der Waals surface area contributed by atoms with Crippen LogP contribution in [0.1, 0.15) is 70.4 Å². The summed E-state index contributed by atoms with van der Waals surface area (Å²) in [5.74, 6) is -5.94. The molecule has 24 heteroatoms. The Balaban J connectivity index is 1.90. The van der Waals surface area contributed by atoms with Gasteiger partial charge in [-0.15, -0.1) is 0 Å². The fraction of sp³-hybridized carbons (Fsp3) is 0.350. The van der Waals surface area contributed by atoms with Crippen LogP contribution in [0.5, 0.6) is 0 Å². The maximum absolute atomic E-state index is 14.4. The fourth-order valence-corrected chi connectivity index (χ4v) is 6.66. The van der Waals surface area contributed by atoms with Crippen LogP contribution in [0.25, 0.3) is 0 Å². The second kappa shape index (κ2) is 25.7. The van der Waals surface area contributed by atoms with Crippen molar-refractivity contribution in [3.8, 4) is 0 Å². The van der Waals surface area contributed by atoms with Crippen molar-refractivity contribution < 1.29 is 56.4 Å². The normalized spacial score (nSPS) is 13.0. The van der Waals surface area contributed by atoms with E-state index in [9.17, 15) is 56.4 Å². The standard InChI is InChI=1S/C40H51N11O12S/c41-16-5-4-12-29(36(56)26-10-6-13-32(64(61,62)63)27(26)21-47-51-33-15-14-25(23-52)20-45-33)49-38(58)30(18-24-8-2-1-3-9-24)50-39(59)31(19-35(54)55)48-34(53)22-46-37(57)28(42)11-7-17-44-40(43)60/h1-3,6,8-10,13-15,20-21,23,28-31H,4-5,7,11-12,16-19,22,41-42H2,(H,45,51)(H,46,57)(H,48,53)(H,49,58)(H,50,59)(H,54,55)(H3,43,44,60)(H,61,62,63)/t28-,29-,30+,31-/m0/s1. The summed E-state index contributed by atoms with van der Waals surface area (Å²) in [6.07, 6.45) is 2.69. The average molecular weight is 910 g/mol. The molecule has 0 saturated heterocycles. The number of pyridine rings is 1. The number of urea groups is 1. The van der Waals surface area contributed by atoms with Crippen LogP contribution in [0.4, 0.5) is 10.6 Å². The van der Waals surface area contributed by atoms with Crippen LogP contribution >= 0.6 is 0 Å². The molecule has 0 aliphatic heterocycles. The third kappa shape index (κ3) is 17.3. The average Bonchev–Trinajstić information content (AvgIpc) is 3.25. The SMILES string of the molecule is NCCCC[C@H](NC(=O)[C@@H](Cc1ccccc1)NC(=O)[C@H](CC(=O)O)NC(=O)CNC(=O)[C@@H](N)CCCNC(N)=O)C(=O)c1cccc(S(=O)(=O)O)c1C=NNc1ccc(C=O)cn1. The molecule has 1 heterocycles. The van der Waals surface area contributed by atoms with Gasteiger partial charge in [0, 0.05) is 35.9 Å². The monoisotopic (exact) mass is 909 g/mol. The highest BCUT2D eigenvalue weighted by Crippen LogP contribution is 2.22. The molecule has 1 aromatic heterocycles. The zero-order chi connectivity index (χ0) is 47.2. The summed E-state index contributed by atoms with van der Waals surface area (Å²) in [4.78, 5) is 105. The van der Waals surface area contributed by atoms with Gasteiger partial charge in [-0.2, -0.15) is 13.5 Å². The number of carbonyl (C=O) groups excluding carboxylic acids is 7. The molecule has 0 unspecified atom stereocenters. The van der Waals surface area contributed by atoms with E-state index < -0.39 is 93.6 Å². The van der Waals surface area contributed by atoms with E-state index >= 15 is 0 Å². The Hall–Kier alpha value is -7.15. The summed E-state index contributed by atoms with van der Waals surface area (Å²) in [7, 11) is -4.96. The van der Waals surface area contributed by atoms with E-state index in [4.69, 9.17) is 17.2 Å². The van der Waals surface area contributed by atoms with Crippen molar-refractivity contribution in [3.63, 3.8) is 0 Å². The van der Waals surface area contributed by atoms with E-state index in [0.29, 0.717) is 24.7 Å². The molecule has 64 heavy (non-hydrogen) atoms. The number of benzene rings is 2. The minimum atomic E-state index is -4.96. The number of hydrogen-bond acceptors (Lipinski definition) is 15. The first kappa shape index (κ1) is 51.2. The first-order valence-electron chi connectivity index (χ1n) is 19.7. The van der Waals surface area contributed by atoms with Crippen molar-refractivity contribution in [2.75, 3.05) is 25.1 Å². The third-order valence-corrected chi connectivity index (χ3v) is 10.1. The Labute approximate surface area is 367 Å². The number of nitrogens with two attached hydrogens (primary N) is 3. The molecule has 0 fully saturated rings. The number of carbonyl (C=O) groups is 8. The summed E-state index contributed by atoms with van der Waals surface area (Å²) in [6.45, 7) is -0.339. The molecule has 0 saturated carbocycles. The molecule has 6 amide bonds. The lowest BCUT2D eigenvalue weighted by molar-refractivity contribution is -0.141. The first-order chi connectivity index (χ1) is 30.4. The number of aromatic nitrogens is 1. The van der Waals surface area contributed by atoms with Crippen molar-refractivity contribution in [2.24, 2.45) is 22.3 Å². The lowest BCUT2D eigenvalue weighted by Gasteiger charge is -2.25. The molecule has 344 valence electrons. The van der Waals surface area contributed by atoms with Gasteiger partial charge in [-0.05, 0) is 62.4 Å². The van der Waals surface area contributed by atoms with Crippen LogP contribution in [0.15, 0.2) is 76.9 Å². The number of anilines is 1. The minimum Gasteiger partial charge on any atom is -0.481 e. The number of aldehydes is 1. The highest BCUT2D eigenvalue weighted by atomic mass is 32.2. The third-order valence-electron chi connectivity index (χ3n) is 9.18. The van der Waals surface area contributed by atoms with Crippen LogP contribution in [-0.4, -0.2) is 121 Å². The van der Waals surface area contributed by atoms with Gasteiger partial charge in [-0.3, -0.25) is 43.5 Å². The van der Waals surface area contributed by atoms with Crippen LogP contribution in [0.3, 0.4) is 0 Å². The van der Waals surface area contributed by atoms with Gasteiger partial charge >= 0.3 is 12.0 Å². The molecule has 0 radical (unpaired) electrons. The van der Waals surface area contributed by atoms with Crippen LogP contribution in [-0.2, 0) is 40.5 Å². The van der Waals surface area contributed by atoms with E-state index in [-0.39, 0.29) is 61.3 Å². The summed E-state index contributed by atoms with van der Waals surface area (Å²) in [5.41, 5.74) is 19.2. The number of ketones is 1. The van der Waals surface area contributed by atoms with Crippen LogP contribution < -0.4 is 49.2 Å². The highest BCUT2D eigenvalue weighted by Gasteiger charge is 2.33. The van der Waals surface area contributed by atoms with Crippen molar-refractivity contribution in [1.29, 1.82) is 0 Å². The second-order valence-corrected chi connectivity index (χ2v) is 15.5. The lowest BCUT2D eigenvalue weighted by Crippen LogP contribution is -2.57. The zero-order valence-corrected chi connectivity index (χ0v) is 35.2. The molecule has 14 N–H and O–H groups in total. The highest BCUT2D eigenvalue weighted by molar-refractivity contribution is 7.86. The number of hydrogen-bond donors (Lipinski definition) is 11. The van der Waals surface area contributed by atoms with E-state index in [2.05, 4.69) is 42.1 Å². The summed E-state index contributed by atoms with van der Waals surface area (Å²) >= 11 is 0. The van der Waals surface area contributed by atoms with E-state index in [1.54, 1.807) is 30.3 Å². The Morgan fingerprint density at radius 3 is 2.14 bits per heavy atom. The molecule has 0 aliphatic rings. The number of amides is 6. The van der Waals surface area contributed by atoms with Gasteiger partial charge in [0.25, 0.3) is 10.1 Å². The fourth-order valence-electron chi connectivity index (χ4n) is 5.97. The van der Waals surface area contributed by atoms with Gasteiger partial charge in [0.15, 0.2) is 12.1 Å². The number of unbranched alkanes of at least 4 members (excludes halogenated alkanes) is 1. The predicted octanol–water partition coefficient (Wildman–Crippen LogP) is -1.04. The molecular weight excluding hydrogens is 859 g/mol. The maximum atomic E-state index is 14.4. The number of carboxylic acid groups (broad SMARTS) is 1. The van der Waals surface area contributed by atoms with Crippen LogP contribution in [0.2, 0.25) is 0 Å². The molecule has 0 aliphatic carbocycles. The van der Waals surface area contributed by atoms with Gasteiger partial charge < -0.3 is 48.9 Å². The van der Waals surface area contributed by atoms with E-state index in [1.807, 2.05) is 0 Å². The van der Waals surface area contributed by atoms with Gasteiger partial charge in [0.05, 0.1) is 31.3 Å². The molecule has 0 spiro atoms. The minimum absolute atomic E-state index is 0.0386. The van der Waals surface area contributed by atoms with Gasteiger partial charge in [0.1, 0.15) is 22.8 Å². The number of nitrogens with zero attached hydrogens (tertiary/aromatic N) is 2. The number of carboxylic acids is 1. The zero-order valence-electron chi connectivity index (χ0n) is 34.4. The molecule has 3 aromatic rings. The number of aliphatic carboxylic acids is 1. The first-order valence-corrected chi connectivity index (χ1v) is 21.1. The molecular formula is C40H51N11O12S. The summed E-state index contributed by atoms with van der Waals surface area (Å²) in [6, 6.07) is 8.12. The Morgan fingerprint density at radius 2 is 1.52 bits per heavy atom. The number of nitrogens with one attached hydrogen (secondary N) is 6. The molecule has 23 nitrogen and oxygen atoms in total. The van der Waals surface area contributed by atoms with Crippen LogP contribution in [0, 0.1) is 0 Å². The van der Waals surface area contributed by atoms with Gasteiger partial charge in [0.2, 0.25) is 23.6 Å². The van der Waals surface area contributed by atoms with Crippen molar-refractivity contribution in [2.45, 2.75) is 74.0 Å². The number of hydrazone groups is 1. The largest absolute Gasteiger partial charge is 0.481 e. The summed E-state index contributed by atoms with van der Waals surface area (Å²) < 4.78 is 35.1. The number of rotatable bonds is 27. The topological polar surface area (TPSA) is 387 Å². The molecule has 3 rings (SSSR count). The quantitative estimate of drug-likeness (QED) is 0.0109. The maximum Gasteiger partial charge on any atom is 0.312 e. The smallest absolute Gasteiger partial charge is 0.312 e. The Kier molecular flexibility index (Phi) is 20.6. The second-order valence-electron chi connectivity index (χ2n) is 14.1. The molecule has 0 bridgehead atoms. The summed E-state index contributed by atoms with van der Waals surface area (Å²) in [5, 5.41) is 25.5. The van der Waals surface area contributed by atoms with Crippen molar-refractivity contribution in [1.82, 2.24) is 31.6 Å². The van der Waals surface area contributed by atoms with Crippen molar-refractivity contribution in [3.05, 3.63) is 89.1 Å². The molecule has 4 atom stereocenters.